The van der Waals surface area contributed by atoms with Crippen LogP contribution in [0.3, 0.4) is 0 Å². The molecule has 1 heteroatoms. The normalized spacial score (nSPS) is 20.2. The second-order valence-corrected chi connectivity index (χ2v) is 7.12. The molecule has 118 valence electrons. The van der Waals surface area contributed by atoms with Gasteiger partial charge in [0.2, 0.25) is 0 Å². The van der Waals surface area contributed by atoms with Crippen molar-refractivity contribution in [3.8, 4) is 11.1 Å². The van der Waals surface area contributed by atoms with E-state index in [1.54, 1.807) is 0 Å². The molecule has 0 saturated carbocycles. The maximum absolute atomic E-state index is 2.40. The minimum absolute atomic E-state index is 0.431. The van der Waals surface area contributed by atoms with Gasteiger partial charge in [0.05, 0.1) is 5.69 Å². The molecule has 2 atom stereocenters. The van der Waals surface area contributed by atoms with Gasteiger partial charge in [-0.2, -0.15) is 0 Å². The third-order valence-corrected chi connectivity index (χ3v) is 5.97. The van der Waals surface area contributed by atoms with E-state index < -0.39 is 0 Å². The van der Waals surface area contributed by atoms with Crippen LogP contribution in [0.5, 0.6) is 0 Å². The summed E-state index contributed by atoms with van der Waals surface area (Å²) in [5, 5.41) is 0. The zero-order valence-electron chi connectivity index (χ0n) is 14.4. The molecule has 3 aromatic carbocycles. The summed E-state index contributed by atoms with van der Waals surface area (Å²) in [5.74, 6) is 0.906. The first-order chi connectivity index (χ1) is 11.7. The topological polar surface area (TPSA) is 3.24 Å². The van der Waals surface area contributed by atoms with E-state index in [4.69, 9.17) is 0 Å². The van der Waals surface area contributed by atoms with E-state index in [-0.39, 0.29) is 0 Å². The van der Waals surface area contributed by atoms with E-state index in [9.17, 15) is 0 Å². The van der Waals surface area contributed by atoms with Crippen molar-refractivity contribution in [3.05, 3.63) is 82.9 Å². The summed E-state index contributed by atoms with van der Waals surface area (Å²) >= 11 is 0. The number of hydrogen-bond donors (Lipinski definition) is 0. The van der Waals surface area contributed by atoms with Gasteiger partial charge in [-0.05, 0) is 33.9 Å². The third kappa shape index (κ3) is 1.60. The standard InChI is InChI=1S/C23H21N/c1-14-16-8-4-5-10-20(16)22-18(14)12-13-19-15(2)17-9-6-7-11-21(17)24(3)23(19)22/h4-15H,1-3H3. The highest BCUT2D eigenvalue weighted by molar-refractivity contribution is 5.94. The molecule has 0 N–H and O–H groups in total. The summed E-state index contributed by atoms with van der Waals surface area (Å²) in [4.78, 5) is 2.40. The van der Waals surface area contributed by atoms with Crippen LogP contribution in [0.4, 0.5) is 11.4 Å². The van der Waals surface area contributed by atoms with Crippen LogP contribution in [-0.4, -0.2) is 7.05 Å². The van der Waals surface area contributed by atoms with E-state index in [1.807, 2.05) is 0 Å². The first-order valence-electron chi connectivity index (χ1n) is 8.77. The molecular formula is C23H21N. The van der Waals surface area contributed by atoms with E-state index in [2.05, 4.69) is 86.5 Å². The van der Waals surface area contributed by atoms with Crippen LogP contribution in [0.2, 0.25) is 0 Å². The number of anilines is 2. The van der Waals surface area contributed by atoms with Crippen molar-refractivity contribution in [1.82, 2.24) is 0 Å². The maximum Gasteiger partial charge on any atom is 0.0529 e. The van der Waals surface area contributed by atoms with Gasteiger partial charge >= 0.3 is 0 Å². The molecule has 0 bridgehead atoms. The van der Waals surface area contributed by atoms with Crippen LogP contribution in [0.15, 0.2) is 60.7 Å². The van der Waals surface area contributed by atoms with Crippen molar-refractivity contribution in [2.45, 2.75) is 25.7 Å². The maximum atomic E-state index is 2.40. The highest BCUT2D eigenvalue weighted by atomic mass is 15.1. The van der Waals surface area contributed by atoms with Crippen LogP contribution in [-0.2, 0) is 0 Å². The third-order valence-electron chi connectivity index (χ3n) is 5.97. The molecule has 1 aliphatic heterocycles. The van der Waals surface area contributed by atoms with E-state index >= 15 is 0 Å². The van der Waals surface area contributed by atoms with Crippen molar-refractivity contribution in [1.29, 1.82) is 0 Å². The fourth-order valence-corrected chi connectivity index (χ4v) is 4.69. The zero-order chi connectivity index (χ0) is 16.4. The molecule has 0 radical (unpaired) electrons. The second-order valence-electron chi connectivity index (χ2n) is 7.12. The number of benzene rings is 3. The average molecular weight is 311 g/mol. The quantitative estimate of drug-likeness (QED) is 0.488. The summed E-state index contributed by atoms with van der Waals surface area (Å²) in [6, 6.07) is 22.4. The van der Waals surface area contributed by atoms with Crippen LogP contribution < -0.4 is 4.90 Å². The highest BCUT2D eigenvalue weighted by Crippen LogP contribution is 2.55. The van der Waals surface area contributed by atoms with Crippen molar-refractivity contribution in [2.24, 2.45) is 0 Å². The number of hydrogen-bond acceptors (Lipinski definition) is 1. The summed E-state index contributed by atoms with van der Waals surface area (Å²) < 4.78 is 0. The highest BCUT2D eigenvalue weighted by Gasteiger charge is 2.34. The molecular weight excluding hydrogens is 290 g/mol. The SMILES string of the molecule is CC1c2ccccc2-c2c1ccc1c2N(C)c2ccccc2C1C. The minimum Gasteiger partial charge on any atom is -0.344 e. The molecule has 3 aromatic rings. The van der Waals surface area contributed by atoms with Gasteiger partial charge in [0.15, 0.2) is 0 Å². The van der Waals surface area contributed by atoms with Gasteiger partial charge in [0, 0.05) is 30.1 Å². The summed E-state index contributed by atoms with van der Waals surface area (Å²) in [6.07, 6.45) is 0. The van der Waals surface area contributed by atoms with Crippen molar-refractivity contribution >= 4 is 11.4 Å². The van der Waals surface area contributed by atoms with Gasteiger partial charge in [0.1, 0.15) is 0 Å². The Morgan fingerprint density at radius 1 is 0.667 bits per heavy atom. The van der Waals surface area contributed by atoms with E-state index in [1.165, 1.54) is 44.8 Å². The van der Waals surface area contributed by atoms with Crippen LogP contribution in [0.25, 0.3) is 11.1 Å². The Kier molecular flexibility index (Phi) is 2.73. The number of fused-ring (bicyclic) bond motifs is 6. The molecule has 0 amide bonds. The number of rotatable bonds is 0. The van der Waals surface area contributed by atoms with Crippen LogP contribution >= 0.6 is 0 Å². The number of nitrogens with zero attached hydrogens (tertiary/aromatic N) is 1. The summed E-state index contributed by atoms with van der Waals surface area (Å²) in [6.45, 7) is 4.67. The van der Waals surface area contributed by atoms with Crippen LogP contribution in [0, 0.1) is 0 Å². The predicted molar refractivity (Wildman–Crippen MR) is 101 cm³/mol. The zero-order valence-corrected chi connectivity index (χ0v) is 14.4. The molecule has 5 rings (SSSR count). The van der Waals surface area contributed by atoms with Gasteiger partial charge in [-0.1, -0.05) is 68.4 Å². The first kappa shape index (κ1) is 13.9. The molecule has 2 unspecified atom stereocenters. The Labute approximate surface area is 143 Å². The fraction of sp³-hybridized carbons (Fsp3) is 0.217. The van der Waals surface area contributed by atoms with Gasteiger partial charge in [-0.25, -0.2) is 0 Å². The molecule has 0 spiro atoms. The van der Waals surface area contributed by atoms with Crippen molar-refractivity contribution in [2.75, 3.05) is 11.9 Å². The Morgan fingerprint density at radius 3 is 2.12 bits per heavy atom. The molecule has 1 heterocycles. The molecule has 0 aromatic heterocycles. The van der Waals surface area contributed by atoms with Gasteiger partial charge < -0.3 is 4.90 Å². The first-order valence-corrected chi connectivity index (χ1v) is 8.77. The van der Waals surface area contributed by atoms with Gasteiger partial charge in [-0.3, -0.25) is 0 Å². The Balaban J connectivity index is 1.85. The van der Waals surface area contributed by atoms with Gasteiger partial charge in [0.25, 0.3) is 0 Å². The van der Waals surface area contributed by atoms with Crippen LogP contribution in [0.1, 0.15) is 47.9 Å². The van der Waals surface area contributed by atoms with E-state index in [0.717, 1.165) is 0 Å². The molecule has 1 nitrogen and oxygen atoms in total. The Bertz CT molecular complexity index is 970. The fourth-order valence-electron chi connectivity index (χ4n) is 4.69. The molecule has 1 aliphatic carbocycles. The lowest BCUT2D eigenvalue weighted by atomic mass is 9.83. The lowest BCUT2D eigenvalue weighted by molar-refractivity contribution is 0.878. The Morgan fingerprint density at radius 2 is 1.29 bits per heavy atom. The summed E-state index contributed by atoms with van der Waals surface area (Å²) in [5.41, 5.74) is 11.4. The monoisotopic (exact) mass is 311 g/mol. The predicted octanol–water partition coefficient (Wildman–Crippen LogP) is 6.05. The minimum atomic E-state index is 0.431. The lowest BCUT2D eigenvalue weighted by Gasteiger charge is -2.36. The molecule has 0 saturated heterocycles. The van der Waals surface area contributed by atoms with Gasteiger partial charge in [-0.15, -0.1) is 0 Å². The largest absolute Gasteiger partial charge is 0.344 e. The Hall–Kier alpha value is -2.54. The molecule has 0 fully saturated rings. The van der Waals surface area contributed by atoms with E-state index in [0.29, 0.717) is 11.8 Å². The summed E-state index contributed by atoms with van der Waals surface area (Å²) in [7, 11) is 2.22. The molecule has 2 aliphatic rings. The molecule has 24 heavy (non-hydrogen) atoms. The smallest absolute Gasteiger partial charge is 0.0529 e. The average Bonchev–Trinajstić information content (AvgIpc) is 2.92. The lowest BCUT2D eigenvalue weighted by Crippen LogP contribution is -2.21. The number of para-hydroxylation sites is 1. The second kappa shape index (κ2) is 4.73. The van der Waals surface area contributed by atoms with Crippen molar-refractivity contribution in [3.63, 3.8) is 0 Å². The van der Waals surface area contributed by atoms with Crippen molar-refractivity contribution < 1.29 is 0 Å².